The van der Waals surface area contributed by atoms with Crippen LogP contribution < -0.4 is 15.4 Å². The van der Waals surface area contributed by atoms with Crippen LogP contribution in [-0.4, -0.2) is 62.4 Å². The molecule has 228 valence electrons. The second-order valence-corrected chi connectivity index (χ2v) is 13.0. The summed E-state index contributed by atoms with van der Waals surface area (Å²) in [6, 6.07) is 12.9. The molecule has 0 bridgehead atoms. The SMILES string of the molecule is CCCC[C@H](NC(=O)O[C@@H]1CN(C(=O)NS(=O)(=O)c2ccc(C)cc2)CC1(C)C)C(=O)C(=O)N[C@H](C)c1ccccc1. The molecule has 0 saturated carbocycles. The lowest BCUT2D eigenvalue weighted by Crippen LogP contribution is -2.49. The second kappa shape index (κ2) is 13.8. The summed E-state index contributed by atoms with van der Waals surface area (Å²) in [6.07, 6.45) is -0.110. The normalized spacial score (nSPS) is 17.5. The number of ether oxygens (including phenoxy) is 1. The van der Waals surface area contributed by atoms with Crippen molar-refractivity contribution in [2.24, 2.45) is 5.41 Å². The zero-order valence-electron chi connectivity index (χ0n) is 24.7. The molecule has 2 aromatic carbocycles. The molecule has 11 nitrogen and oxygen atoms in total. The van der Waals surface area contributed by atoms with Crippen LogP contribution in [0.15, 0.2) is 59.5 Å². The zero-order valence-corrected chi connectivity index (χ0v) is 25.5. The minimum absolute atomic E-state index is 0.0444. The van der Waals surface area contributed by atoms with Crippen LogP contribution in [0, 0.1) is 12.3 Å². The van der Waals surface area contributed by atoms with Gasteiger partial charge in [0.2, 0.25) is 5.78 Å². The molecule has 1 saturated heterocycles. The highest BCUT2D eigenvalue weighted by atomic mass is 32.2. The van der Waals surface area contributed by atoms with Crippen molar-refractivity contribution < 1.29 is 32.3 Å². The lowest BCUT2D eigenvalue weighted by molar-refractivity contribution is -0.139. The number of nitrogens with one attached hydrogen (secondary N) is 3. The summed E-state index contributed by atoms with van der Waals surface area (Å²) in [4.78, 5) is 52.8. The monoisotopic (exact) mass is 600 g/mol. The maximum absolute atomic E-state index is 13.0. The van der Waals surface area contributed by atoms with E-state index >= 15 is 0 Å². The van der Waals surface area contributed by atoms with Crippen molar-refractivity contribution in [2.45, 2.75) is 77.0 Å². The topological polar surface area (TPSA) is 151 Å². The van der Waals surface area contributed by atoms with E-state index in [1.807, 2.05) is 44.2 Å². The van der Waals surface area contributed by atoms with E-state index in [1.165, 1.54) is 17.0 Å². The number of sulfonamides is 1. The Morgan fingerprint density at radius 3 is 2.29 bits per heavy atom. The van der Waals surface area contributed by atoms with Crippen molar-refractivity contribution >= 4 is 33.8 Å². The number of rotatable bonds is 11. The van der Waals surface area contributed by atoms with E-state index in [0.717, 1.165) is 17.5 Å². The van der Waals surface area contributed by atoms with E-state index in [-0.39, 0.29) is 24.4 Å². The highest BCUT2D eigenvalue weighted by Crippen LogP contribution is 2.32. The average Bonchev–Trinajstić information content (AvgIpc) is 3.24. The minimum Gasteiger partial charge on any atom is -0.444 e. The smallest absolute Gasteiger partial charge is 0.408 e. The van der Waals surface area contributed by atoms with Crippen molar-refractivity contribution in [3.8, 4) is 0 Å². The second-order valence-electron chi connectivity index (χ2n) is 11.3. The first kappa shape index (κ1) is 32.6. The maximum Gasteiger partial charge on any atom is 0.408 e. The van der Waals surface area contributed by atoms with Gasteiger partial charge in [-0.25, -0.2) is 22.7 Å². The Bertz CT molecular complexity index is 1380. The van der Waals surface area contributed by atoms with E-state index in [2.05, 4.69) is 15.4 Å². The Morgan fingerprint density at radius 1 is 1.02 bits per heavy atom. The van der Waals surface area contributed by atoms with Crippen LogP contribution in [0.2, 0.25) is 0 Å². The first-order chi connectivity index (χ1) is 19.7. The largest absolute Gasteiger partial charge is 0.444 e. The van der Waals surface area contributed by atoms with E-state index in [0.29, 0.717) is 6.42 Å². The van der Waals surface area contributed by atoms with Crippen LogP contribution in [0.25, 0.3) is 0 Å². The van der Waals surface area contributed by atoms with Gasteiger partial charge in [-0.15, -0.1) is 0 Å². The summed E-state index contributed by atoms with van der Waals surface area (Å²) in [5, 5.41) is 5.21. The van der Waals surface area contributed by atoms with Gasteiger partial charge in [0.05, 0.1) is 17.5 Å². The average molecular weight is 601 g/mol. The molecule has 0 radical (unpaired) electrons. The highest BCUT2D eigenvalue weighted by molar-refractivity contribution is 7.90. The number of urea groups is 1. The van der Waals surface area contributed by atoms with Crippen LogP contribution in [0.1, 0.15) is 64.1 Å². The predicted octanol–water partition coefficient (Wildman–Crippen LogP) is 3.84. The summed E-state index contributed by atoms with van der Waals surface area (Å²) >= 11 is 0. The highest BCUT2D eigenvalue weighted by Gasteiger charge is 2.45. The Labute approximate surface area is 247 Å². The van der Waals surface area contributed by atoms with Gasteiger partial charge in [0.15, 0.2) is 0 Å². The molecule has 1 fully saturated rings. The van der Waals surface area contributed by atoms with Gasteiger partial charge in [-0.2, -0.15) is 0 Å². The lowest BCUT2D eigenvalue weighted by Gasteiger charge is -2.26. The standard InChI is InChI=1S/C30H40N4O7S/c1-6-7-13-24(26(35)27(36)31-21(3)22-11-9-8-10-12-22)32-29(38)41-25-18-34(19-30(25,4)5)28(37)33-42(39,40)23-16-14-20(2)15-17-23/h8-12,14-17,21,24-25H,6-7,13,18-19H2,1-5H3,(H,31,36)(H,32,38)(H,33,37)/t21-,24+,25-/m1/s1. The third kappa shape index (κ3) is 8.54. The lowest BCUT2D eigenvalue weighted by atomic mass is 9.90. The van der Waals surface area contributed by atoms with Crippen molar-refractivity contribution in [3.63, 3.8) is 0 Å². The molecule has 0 aliphatic carbocycles. The molecule has 12 heteroatoms. The predicted molar refractivity (Wildman–Crippen MR) is 157 cm³/mol. The third-order valence-corrected chi connectivity index (χ3v) is 8.61. The van der Waals surface area contributed by atoms with Crippen LogP contribution in [0.3, 0.4) is 0 Å². The van der Waals surface area contributed by atoms with Crippen molar-refractivity contribution in [1.82, 2.24) is 20.3 Å². The van der Waals surface area contributed by atoms with Gasteiger partial charge in [0.1, 0.15) is 12.1 Å². The Balaban J connectivity index is 1.61. The fourth-order valence-electron chi connectivity index (χ4n) is 4.65. The Morgan fingerprint density at radius 2 is 1.67 bits per heavy atom. The molecule has 1 heterocycles. The molecule has 3 N–H and O–H groups in total. The number of carbonyl (C=O) groups is 4. The molecule has 3 atom stereocenters. The number of alkyl carbamates (subject to hydrolysis) is 1. The maximum atomic E-state index is 13.0. The van der Waals surface area contributed by atoms with Gasteiger partial charge >= 0.3 is 12.1 Å². The minimum atomic E-state index is -4.10. The quantitative estimate of drug-likeness (QED) is 0.332. The zero-order chi connectivity index (χ0) is 31.1. The number of hydrogen-bond acceptors (Lipinski definition) is 7. The summed E-state index contributed by atoms with van der Waals surface area (Å²) < 4.78 is 33.1. The van der Waals surface area contributed by atoms with E-state index in [4.69, 9.17) is 4.74 Å². The summed E-state index contributed by atoms with van der Waals surface area (Å²) in [5.74, 6) is -1.59. The fourth-order valence-corrected chi connectivity index (χ4v) is 5.62. The van der Waals surface area contributed by atoms with Gasteiger partial charge in [0.25, 0.3) is 15.9 Å². The number of benzene rings is 2. The first-order valence-corrected chi connectivity index (χ1v) is 15.5. The van der Waals surface area contributed by atoms with E-state index in [9.17, 15) is 27.6 Å². The molecule has 3 rings (SSSR count). The number of Topliss-reactive ketones (excluding diaryl/α,β-unsaturated/α-hetero) is 1. The van der Waals surface area contributed by atoms with E-state index < -0.39 is 57.4 Å². The number of amides is 4. The number of nitrogens with zero attached hydrogens (tertiary/aromatic N) is 1. The molecule has 1 aliphatic heterocycles. The van der Waals surface area contributed by atoms with Gasteiger partial charge in [-0.3, -0.25) is 9.59 Å². The van der Waals surface area contributed by atoms with Crippen molar-refractivity contribution in [3.05, 3.63) is 65.7 Å². The molecule has 4 amide bonds. The molecule has 1 aliphatic rings. The number of likely N-dealkylation sites (tertiary alicyclic amines) is 1. The third-order valence-electron chi connectivity index (χ3n) is 7.27. The van der Waals surface area contributed by atoms with Crippen LogP contribution >= 0.6 is 0 Å². The number of ketones is 1. The molecular formula is C30H40N4O7S. The summed E-state index contributed by atoms with van der Waals surface area (Å²) in [6.45, 7) is 9.14. The number of unbranched alkanes of at least 4 members (excludes halogenated alkanes) is 1. The molecule has 0 aromatic heterocycles. The van der Waals surface area contributed by atoms with Gasteiger partial charge in [-0.05, 0) is 38.0 Å². The number of carbonyl (C=O) groups excluding carboxylic acids is 4. The molecule has 0 spiro atoms. The molecule has 42 heavy (non-hydrogen) atoms. The Hall–Kier alpha value is -3.93. The summed E-state index contributed by atoms with van der Waals surface area (Å²) in [7, 11) is -4.10. The van der Waals surface area contributed by atoms with Crippen LogP contribution in [0.5, 0.6) is 0 Å². The number of hydrogen-bond donors (Lipinski definition) is 3. The molecular weight excluding hydrogens is 560 g/mol. The fraction of sp³-hybridized carbons (Fsp3) is 0.467. The van der Waals surface area contributed by atoms with Gasteiger partial charge in [-0.1, -0.05) is 81.6 Å². The van der Waals surface area contributed by atoms with E-state index in [1.54, 1.807) is 32.9 Å². The van der Waals surface area contributed by atoms with Gasteiger partial charge < -0.3 is 20.3 Å². The van der Waals surface area contributed by atoms with Crippen LogP contribution in [-0.2, 0) is 24.3 Å². The van der Waals surface area contributed by atoms with Crippen molar-refractivity contribution in [1.29, 1.82) is 0 Å². The van der Waals surface area contributed by atoms with Gasteiger partial charge in [0, 0.05) is 12.0 Å². The first-order valence-electron chi connectivity index (χ1n) is 14.0. The Kier molecular flexibility index (Phi) is 10.7. The molecule has 0 unspecified atom stereocenters. The number of aryl methyl sites for hydroxylation is 1. The van der Waals surface area contributed by atoms with Crippen molar-refractivity contribution in [2.75, 3.05) is 13.1 Å². The molecule has 2 aromatic rings. The summed E-state index contributed by atoms with van der Waals surface area (Å²) in [5.41, 5.74) is 0.994. The van der Waals surface area contributed by atoms with Crippen LogP contribution in [0.4, 0.5) is 9.59 Å².